The molecule has 0 spiro atoms. The van der Waals surface area contributed by atoms with Crippen LogP contribution in [-0.4, -0.2) is 15.4 Å². The normalized spacial score (nSPS) is 17.3. The third kappa shape index (κ3) is 1.59. The molecule has 0 fully saturated rings. The molecule has 13 heavy (non-hydrogen) atoms. The number of fused-ring (bicyclic) bond motifs is 1. The Labute approximate surface area is 79.0 Å². The summed E-state index contributed by atoms with van der Waals surface area (Å²) >= 11 is -1.94. The number of benzene rings is 1. The summed E-state index contributed by atoms with van der Waals surface area (Å²) < 4.78 is 25.2. The van der Waals surface area contributed by atoms with Gasteiger partial charge in [-0.15, -0.1) is 0 Å². The highest BCUT2D eigenvalue weighted by atomic mass is 32.2. The quantitative estimate of drug-likeness (QED) is 0.697. The summed E-state index contributed by atoms with van der Waals surface area (Å²) in [6, 6.07) is 5.35. The van der Waals surface area contributed by atoms with E-state index in [1.54, 1.807) is 12.1 Å². The van der Waals surface area contributed by atoms with E-state index in [4.69, 9.17) is 9.29 Å². The molecule has 0 saturated carbocycles. The van der Waals surface area contributed by atoms with E-state index < -0.39 is 11.1 Å². The fraction of sp³-hybridized carbons (Fsp3) is 0.333. The summed E-state index contributed by atoms with van der Waals surface area (Å²) in [5.74, 6) is 0.606. The van der Waals surface area contributed by atoms with E-state index in [0.717, 1.165) is 18.4 Å². The molecule has 1 heterocycles. The highest BCUT2D eigenvalue weighted by molar-refractivity contribution is 7.79. The van der Waals surface area contributed by atoms with E-state index in [2.05, 4.69) is 0 Å². The molecule has 1 aromatic carbocycles. The Balaban J connectivity index is 2.52. The first-order valence-electron chi connectivity index (χ1n) is 4.14. The van der Waals surface area contributed by atoms with Crippen molar-refractivity contribution in [1.82, 2.24) is 0 Å². The Morgan fingerprint density at radius 2 is 2.31 bits per heavy atom. The molecule has 1 unspecified atom stereocenters. The SMILES string of the molecule is O=S(O)c1cccc2c1OCCC2. The molecule has 1 N–H and O–H groups in total. The van der Waals surface area contributed by atoms with Crippen molar-refractivity contribution in [3.05, 3.63) is 23.8 Å². The van der Waals surface area contributed by atoms with E-state index in [-0.39, 0.29) is 0 Å². The molecule has 0 amide bonds. The third-order valence-electron chi connectivity index (χ3n) is 2.09. The van der Waals surface area contributed by atoms with Crippen LogP contribution in [0, 0.1) is 0 Å². The number of hydrogen-bond acceptors (Lipinski definition) is 2. The van der Waals surface area contributed by atoms with Crippen molar-refractivity contribution in [1.29, 1.82) is 0 Å². The number of aryl methyl sites for hydroxylation is 1. The number of para-hydroxylation sites is 1. The molecule has 1 aliphatic rings. The van der Waals surface area contributed by atoms with Gasteiger partial charge in [-0.1, -0.05) is 12.1 Å². The van der Waals surface area contributed by atoms with Crippen molar-refractivity contribution < 1.29 is 13.5 Å². The van der Waals surface area contributed by atoms with Crippen LogP contribution in [0.2, 0.25) is 0 Å². The van der Waals surface area contributed by atoms with Crippen LogP contribution in [0.1, 0.15) is 12.0 Å². The smallest absolute Gasteiger partial charge is 0.190 e. The van der Waals surface area contributed by atoms with Gasteiger partial charge in [0.05, 0.1) is 6.61 Å². The highest BCUT2D eigenvalue weighted by Crippen LogP contribution is 2.30. The van der Waals surface area contributed by atoms with Gasteiger partial charge in [-0.3, -0.25) is 0 Å². The molecule has 0 radical (unpaired) electrons. The van der Waals surface area contributed by atoms with Gasteiger partial charge < -0.3 is 9.29 Å². The molecule has 1 aliphatic heterocycles. The van der Waals surface area contributed by atoms with Crippen molar-refractivity contribution in [3.8, 4) is 5.75 Å². The second kappa shape index (κ2) is 3.47. The van der Waals surface area contributed by atoms with Gasteiger partial charge in [-0.2, -0.15) is 0 Å². The van der Waals surface area contributed by atoms with Crippen LogP contribution < -0.4 is 4.74 Å². The third-order valence-corrected chi connectivity index (χ3v) is 2.78. The van der Waals surface area contributed by atoms with Crippen LogP contribution in [0.25, 0.3) is 0 Å². The Hall–Kier alpha value is -0.870. The van der Waals surface area contributed by atoms with Gasteiger partial charge in [0.2, 0.25) is 0 Å². The van der Waals surface area contributed by atoms with E-state index >= 15 is 0 Å². The van der Waals surface area contributed by atoms with E-state index in [0.29, 0.717) is 17.3 Å². The van der Waals surface area contributed by atoms with Gasteiger partial charge in [0, 0.05) is 0 Å². The fourth-order valence-electron chi connectivity index (χ4n) is 1.50. The number of ether oxygens (including phenoxy) is 1. The summed E-state index contributed by atoms with van der Waals surface area (Å²) in [5, 5.41) is 0. The van der Waals surface area contributed by atoms with Crippen LogP contribution >= 0.6 is 0 Å². The molecule has 0 bridgehead atoms. The van der Waals surface area contributed by atoms with Gasteiger partial charge in [0.25, 0.3) is 0 Å². The lowest BCUT2D eigenvalue weighted by molar-refractivity contribution is 0.280. The lowest BCUT2D eigenvalue weighted by atomic mass is 10.1. The zero-order chi connectivity index (χ0) is 9.26. The first kappa shape index (κ1) is 8.72. The summed E-state index contributed by atoms with van der Waals surface area (Å²) in [7, 11) is 0. The summed E-state index contributed by atoms with van der Waals surface area (Å²) in [4.78, 5) is 0.386. The molecule has 70 valence electrons. The van der Waals surface area contributed by atoms with E-state index in [9.17, 15) is 4.21 Å². The van der Waals surface area contributed by atoms with Crippen LogP contribution in [-0.2, 0) is 17.5 Å². The molecule has 0 aliphatic carbocycles. The summed E-state index contributed by atoms with van der Waals surface area (Å²) in [6.45, 7) is 0.640. The molecule has 1 atom stereocenters. The molecule has 4 heteroatoms. The molecule has 0 aromatic heterocycles. The average molecular weight is 198 g/mol. The number of rotatable bonds is 1. The maximum Gasteiger partial charge on any atom is 0.190 e. The maximum atomic E-state index is 10.9. The standard InChI is InChI=1S/C9H10O3S/c10-13(11)8-5-1-3-7-4-2-6-12-9(7)8/h1,3,5H,2,4,6H2,(H,10,11). The first-order valence-corrected chi connectivity index (χ1v) is 5.25. The maximum absolute atomic E-state index is 10.9. The van der Waals surface area contributed by atoms with Gasteiger partial charge in [0.15, 0.2) is 11.1 Å². The lowest BCUT2D eigenvalue weighted by Gasteiger charge is -2.18. The Morgan fingerprint density at radius 3 is 3.08 bits per heavy atom. The summed E-state index contributed by atoms with van der Waals surface area (Å²) in [5.41, 5.74) is 1.03. The Kier molecular flexibility index (Phi) is 2.33. The first-order chi connectivity index (χ1) is 6.29. The van der Waals surface area contributed by atoms with E-state index in [1.165, 1.54) is 0 Å². The van der Waals surface area contributed by atoms with Crippen molar-refractivity contribution >= 4 is 11.1 Å². The average Bonchev–Trinajstić information content (AvgIpc) is 2.17. The van der Waals surface area contributed by atoms with Gasteiger partial charge in [-0.05, 0) is 24.5 Å². The van der Waals surface area contributed by atoms with Crippen LogP contribution in [0.4, 0.5) is 0 Å². The van der Waals surface area contributed by atoms with E-state index in [1.807, 2.05) is 6.07 Å². The number of hydrogen-bond donors (Lipinski definition) is 1. The Morgan fingerprint density at radius 1 is 1.46 bits per heavy atom. The van der Waals surface area contributed by atoms with Crippen molar-refractivity contribution in [3.63, 3.8) is 0 Å². The molecule has 3 nitrogen and oxygen atoms in total. The van der Waals surface area contributed by atoms with Crippen LogP contribution in [0.3, 0.4) is 0 Å². The van der Waals surface area contributed by atoms with Gasteiger partial charge in [0.1, 0.15) is 10.6 Å². The monoisotopic (exact) mass is 198 g/mol. The minimum Gasteiger partial charge on any atom is -0.492 e. The Bertz CT molecular complexity index is 349. The second-order valence-corrected chi connectivity index (χ2v) is 3.88. The molecule has 1 aromatic rings. The minimum absolute atomic E-state index is 0.386. The summed E-state index contributed by atoms with van der Waals surface area (Å²) in [6.07, 6.45) is 1.91. The zero-order valence-corrected chi connectivity index (χ0v) is 7.84. The largest absolute Gasteiger partial charge is 0.492 e. The second-order valence-electron chi connectivity index (χ2n) is 2.95. The van der Waals surface area contributed by atoms with Gasteiger partial charge >= 0.3 is 0 Å². The predicted octanol–water partition coefficient (Wildman–Crippen LogP) is 1.59. The fourth-order valence-corrected chi connectivity index (χ4v) is 2.04. The molecule has 0 saturated heterocycles. The van der Waals surface area contributed by atoms with Crippen molar-refractivity contribution in [2.75, 3.05) is 6.61 Å². The van der Waals surface area contributed by atoms with Crippen molar-refractivity contribution in [2.45, 2.75) is 17.7 Å². The minimum atomic E-state index is -1.94. The highest BCUT2D eigenvalue weighted by Gasteiger charge is 2.16. The van der Waals surface area contributed by atoms with Crippen LogP contribution in [0.15, 0.2) is 23.1 Å². The van der Waals surface area contributed by atoms with Crippen molar-refractivity contribution in [2.24, 2.45) is 0 Å². The molecular weight excluding hydrogens is 188 g/mol. The van der Waals surface area contributed by atoms with Crippen LogP contribution in [0.5, 0.6) is 5.75 Å². The molecular formula is C9H10O3S. The predicted molar refractivity (Wildman–Crippen MR) is 49.3 cm³/mol. The topological polar surface area (TPSA) is 46.5 Å². The lowest BCUT2D eigenvalue weighted by Crippen LogP contribution is -2.10. The molecule has 2 rings (SSSR count). The van der Waals surface area contributed by atoms with Gasteiger partial charge in [-0.25, -0.2) is 4.21 Å². The zero-order valence-electron chi connectivity index (χ0n) is 7.03.